The number of carbonyl (C=O) groups is 2. The third-order valence-corrected chi connectivity index (χ3v) is 2.78. The van der Waals surface area contributed by atoms with Crippen LogP contribution in [0.5, 0.6) is 0 Å². The molecule has 3 nitrogen and oxygen atoms in total. The van der Waals surface area contributed by atoms with Gasteiger partial charge in [0.2, 0.25) is 0 Å². The number of unbranched alkanes of at least 4 members (excludes halogenated alkanes) is 1. The van der Waals surface area contributed by atoms with Gasteiger partial charge in [0.15, 0.2) is 5.78 Å². The number of carboxylic acid groups (broad SMARTS) is 1. The highest BCUT2D eigenvalue weighted by Crippen LogP contribution is 2.22. The Labute approximate surface area is 97.0 Å². The zero-order valence-corrected chi connectivity index (χ0v) is 9.92. The molecule has 0 aliphatic heterocycles. The third-order valence-electron chi connectivity index (χ3n) is 2.24. The smallest absolute Gasteiger partial charge is 0.303 e. The van der Waals surface area contributed by atoms with Crippen molar-refractivity contribution in [1.29, 1.82) is 0 Å². The van der Waals surface area contributed by atoms with Crippen LogP contribution in [0.2, 0.25) is 0 Å². The van der Waals surface area contributed by atoms with Gasteiger partial charge in [-0.3, -0.25) is 9.59 Å². The van der Waals surface area contributed by atoms with Crippen LogP contribution in [-0.2, 0) is 9.59 Å². The topological polar surface area (TPSA) is 54.4 Å². The Kier molecular flexibility index (Phi) is 4.75. The fraction of sp³-hybridized carbons (Fsp3) is 0.455. The summed E-state index contributed by atoms with van der Waals surface area (Å²) in [6.45, 7) is 0. The van der Waals surface area contributed by atoms with Crippen molar-refractivity contribution in [2.45, 2.75) is 32.1 Å². The number of allylic oxidation sites excluding steroid dienone is 4. The van der Waals surface area contributed by atoms with E-state index in [4.69, 9.17) is 5.11 Å². The van der Waals surface area contributed by atoms with Crippen LogP contribution < -0.4 is 0 Å². The van der Waals surface area contributed by atoms with Crippen molar-refractivity contribution in [2.75, 3.05) is 0 Å². The first-order valence-corrected chi connectivity index (χ1v) is 5.69. The van der Waals surface area contributed by atoms with Gasteiger partial charge in [-0.15, -0.1) is 0 Å². The zero-order chi connectivity index (χ0) is 11.3. The lowest BCUT2D eigenvalue weighted by Crippen LogP contribution is -2.06. The van der Waals surface area contributed by atoms with E-state index in [0.717, 1.165) is 16.5 Å². The van der Waals surface area contributed by atoms with Gasteiger partial charge in [0.25, 0.3) is 0 Å². The van der Waals surface area contributed by atoms with Crippen molar-refractivity contribution in [3.05, 3.63) is 22.2 Å². The molecule has 0 aromatic rings. The van der Waals surface area contributed by atoms with Crippen LogP contribution in [0.15, 0.2) is 22.2 Å². The predicted octanol–water partition coefficient (Wildman–Crippen LogP) is 2.81. The Morgan fingerprint density at radius 2 is 2.13 bits per heavy atom. The number of halogens is 1. The largest absolute Gasteiger partial charge is 0.481 e. The van der Waals surface area contributed by atoms with Crippen molar-refractivity contribution in [2.24, 2.45) is 0 Å². The van der Waals surface area contributed by atoms with Crippen LogP contribution in [0.3, 0.4) is 0 Å². The molecule has 15 heavy (non-hydrogen) atoms. The van der Waals surface area contributed by atoms with Gasteiger partial charge in [-0.25, -0.2) is 0 Å². The van der Waals surface area contributed by atoms with E-state index in [1.807, 2.05) is 12.2 Å². The summed E-state index contributed by atoms with van der Waals surface area (Å²) in [5, 5.41) is 8.44. The van der Waals surface area contributed by atoms with Crippen molar-refractivity contribution < 1.29 is 14.7 Å². The highest BCUT2D eigenvalue weighted by atomic mass is 79.9. The van der Waals surface area contributed by atoms with E-state index in [-0.39, 0.29) is 12.2 Å². The Morgan fingerprint density at radius 1 is 1.40 bits per heavy atom. The highest BCUT2D eigenvalue weighted by molar-refractivity contribution is 9.11. The molecular formula is C11H13BrO3. The molecule has 1 aliphatic carbocycles. The maximum atomic E-state index is 11.5. The SMILES string of the molecule is O=C(O)CCCCC1=CC=C(Br)CC1=O. The normalized spacial score (nSPS) is 15.9. The van der Waals surface area contributed by atoms with Crippen LogP contribution >= 0.6 is 15.9 Å². The Morgan fingerprint density at radius 3 is 2.73 bits per heavy atom. The molecule has 0 amide bonds. The van der Waals surface area contributed by atoms with Crippen molar-refractivity contribution in [3.63, 3.8) is 0 Å². The Bertz CT molecular complexity index is 329. The van der Waals surface area contributed by atoms with Gasteiger partial charge in [0.05, 0.1) is 0 Å². The number of hydrogen-bond acceptors (Lipinski definition) is 2. The maximum absolute atomic E-state index is 11.5. The van der Waals surface area contributed by atoms with E-state index in [1.54, 1.807) is 0 Å². The molecule has 0 fully saturated rings. The van der Waals surface area contributed by atoms with Gasteiger partial charge in [-0.1, -0.05) is 28.1 Å². The molecule has 0 unspecified atom stereocenters. The summed E-state index contributed by atoms with van der Waals surface area (Å²) in [6, 6.07) is 0. The highest BCUT2D eigenvalue weighted by Gasteiger charge is 2.13. The molecular weight excluding hydrogens is 260 g/mol. The van der Waals surface area contributed by atoms with Gasteiger partial charge < -0.3 is 5.11 Å². The van der Waals surface area contributed by atoms with E-state index >= 15 is 0 Å². The van der Waals surface area contributed by atoms with E-state index in [0.29, 0.717) is 19.3 Å². The average Bonchev–Trinajstić information content (AvgIpc) is 2.14. The molecule has 0 spiro atoms. The number of Topliss-reactive ketones (excluding diaryl/α,β-unsaturated/α-hetero) is 1. The number of ketones is 1. The average molecular weight is 273 g/mol. The number of aliphatic carboxylic acids is 1. The molecule has 0 heterocycles. The minimum Gasteiger partial charge on any atom is -0.481 e. The second-order valence-electron chi connectivity index (χ2n) is 3.51. The number of rotatable bonds is 5. The van der Waals surface area contributed by atoms with Gasteiger partial charge in [-0.2, -0.15) is 0 Å². The summed E-state index contributed by atoms with van der Waals surface area (Å²) in [4.78, 5) is 21.7. The molecule has 0 atom stereocenters. The van der Waals surface area contributed by atoms with Gasteiger partial charge in [-0.05, 0) is 24.8 Å². The molecule has 1 rings (SSSR count). The molecule has 0 saturated heterocycles. The van der Waals surface area contributed by atoms with Crippen LogP contribution in [0.1, 0.15) is 32.1 Å². The van der Waals surface area contributed by atoms with Crippen LogP contribution in [0.4, 0.5) is 0 Å². The van der Waals surface area contributed by atoms with Crippen molar-refractivity contribution in [3.8, 4) is 0 Å². The number of hydrogen-bond donors (Lipinski definition) is 1. The summed E-state index contributed by atoms with van der Waals surface area (Å²) in [5.74, 6) is -0.638. The molecule has 1 aliphatic rings. The number of carboxylic acids is 1. The lowest BCUT2D eigenvalue weighted by Gasteiger charge is -2.09. The quantitative estimate of drug-likeness (QED) is 0.783. The van der Waals surface area contributed by atoms with E-state index in [1.165, 1.54) is 0 Å². The summed E-state index contributed by atoms with van der Waals surface area (Å²) in [5.41, 5.74) is 0.809. The third kappa shape index (κ3) is 4.42. The first kappa shape index (κ1) is 12.2. The van der Waals surface area contributed by atoms with Gasteiger partial charge in [0.1, 0.15) is 0 Å². The molecule has 0 saturated carbocycles. The molecule has 0 aromatic heterocycles. The van der Waals surface area contributed by atoms with Crippen molar-refractivity contribution >= 4 is 27.7 Å². The fourth-order valence-electron chi connectivity index (χ4n) is 1.42. The second kappa shape index (κ2) is 5.85. The molecule has 4 heteroatoms. The lowest BCUT2D eigenvalue weighted by atomic mass is 9.98. The fourth-order valence-corrected chi connectivity index (χ4v) is 1.81. The molecule has 1 N–H and O–H groups in total. The molecule has 0 aromatic carbocycles. The van der Waals surface area contributed by atoms with Gasteiger partial charge >= 0.3 is 5.97 Å². The summed E-state index contributed by atoms with van der Waals surface area (Å²) in [6.07, 6.45) is 6.39. The van der Waals surface area contributed by atoms with Gasteiger partial charge in [0, 0.05) is 17.3 Å². The zero-order valence-electron chi connectivity index (χ0n) is 8.33. The maximum Gasteiger partial charge on any atom is 0.303 e. The minimum absolute atomic E-state index is 0.139. The Balaban J connectivity index is 2.32. The first-order chi connectivity index (χ1) is 7.09. The Hall–Kier alpha value is -0.900. The monoisotopic (exact) mass is 272 g/mol. The van der Waals surface area contributed by atoms with Crippen LogP contribution in [0, 0.1) is 0 Å². The van der Waals surface area contributed by atoms with Crippen molar-refractivity contribution in [1.82, 2.24) is 0 Å². The predicted molar refractivity (Wildman–Crippen MR) is 60.8 cm³/mol. The summed E-state index contributed by atoms with van der Waals surface area (Å²) >= 11 is 3.28. The van der Waals surface area contributed by atoms with E-state index in [9.17, 15) is 9.59 Å². The van der Waals surface area contributed by atoms with E-state index < -0.39 is 5.97 Å². The minimum atomic E-state index is -0.776. The number of carbonyl (C=O) groups excluding carboxylic acids is 1. The molecule has 0 radical (unpaired) electrons. The van der Waals surface area contributed by atoms with Crippen LogP contribution in [0.25, 0.3) is 0 Å². The standard InChI is InChI=1S/C11H13BrO3/c12-9-6-5-8(10(13)7-9)3-1-2-4-11(14)15/h5-6H,1-4,7H2,(H,14,15). The molecule has 82 valence electrons. The second-order valence-corrected chi connectivity index (χ2v) is 4.52. The lowest BCUT2D eigenvalue weighted by molar-refractivity contribution is -0.137. The molecule has 0 bridgehead atoms. The van der Waals surface area contributed by atoms with Crippen LogP contribution in [-0.4, -0.2) is 16.9 Å². The first-order valence-electron chi connectivity index (χ1n) is 4.90. The van der Waals surface area contributed by atoms with E-state index in [2.05, 4.69) is 15.9 Å². The summed E-state index contributed by atoms with van der Waals surface area (Å²) in [7, 11) is 0. The summed E-state index contributed by atoms with van der Waals surface area (Å²) < 4.78 is 0.904.